The normalized spacial score (nSPS) is 23.4. The molecule has 6 heterocycles. The summed E-state index contributed by atoms with van der Waals surface area (Å²) in [5.41, 5.74) is 8.64. The molecule has 3 aromatic rings. The number of ether oxygens (including phenoxy) is 2. The lowest BCUT2D eigenvalue weighted by Gasteiger charge is -2.36. The van der Waals surface area contributed by atoms with Gasteiger partial charge in [-0.2, -0.15) is 0 Å². The van der Waals surface area contributed by atoms with E-state index in [4.69, 9.17) is 19.6 Å². The molecule has 2 N–H and O–H groups in total. The Hall–Kier alpha value is -5.74. The maximum Gasteiger partial charge on any atom is 0.324 e. The molecule has 6 atom stereocenters. The fourth-order valence-corrected chi connectivity index (χ4v) is 9.69. The zero-order valence-electron chi connectivity index (χ0n) is 38.5. The number of likely N-dealkylation sites (N-methyl/N-ethyl adjacent to an activating group) is 1. The molecular formula is C48H64N9O7+. The van der Waals surface area contributed by atoms with Crippen LogP contribution in [-0.2, 0) is 46.4 Å². The molecule has 4 aliphatic heterocycles. The van der Waals surface area contributed by atoms with E-state index in [1.807, 2.05) is 39.3 Å². The number of hydrazone groups is 1. The molecule has 2 fully saturated rings. The molecule has 4 amide bonds. The van der Waals surface area contributed by atoms with E-state index in [2.05, 4.69) is 66.9 Å². The van der Waals surface area contributed by atoms with E-state index < -0.39 is 47.2 Å². The number of benzene rings is 1. The van der Waals surface area contributed by atoms with E-state index in [0.717, 1.165) is 39.0 Å². The predicted octanol–water partition coefficient (Wildman–Crippen LogP) is 4.22. The Morgan fingerprint density at radius 1 is 1.16 bits per heavy atom. The van der Waals surface area contributed by atoms with Crippen molar-refractivity contribution in [3.05, 3.63) is 66.0 Å². The van der Waals surface area contributed by atoms with Crippen molar-refractivity contribution < 1.29 is 38.1 Å². The van der Waals surface area contributed by atoms with Crippen LogP contribution in [0.1, 0.15) is 89.6 Å². The number of cyclic esters (lactones) is 1. The summed E-state index contributed by atoms with van der Waals surface area (Å²) in [7, 11) is 3.28. The van der Waals surface area contributed by atoms with Crippen LogP contribution >= 0.6 is 0 Å². The van der Waals surface area contributed by atoms with Crippen LogP contribution in [0, 0.1) is 17.3 Å². The third-order valence-corrected chi connectivity index (χ3v) is 13.1. The number of pyridine rings is 1. The minimum atomic E-state index is -1.12. The van der Waals surface area contributed by atoms with Crippen molar-refractivity contribution in [2.24, 2.45) is 22.4 Å². The summed E-state index contributed by atoms with van der Waals surface area (Å²) in [5.74, 6) is -2.92. The quantitative estimate of drug-likeness (QED) is 0.172. The number of aryl methyl sites for hydroxylation is 1. The SMILES string of the molecule is C=CC(=O)N1CC[C@H](C(=O)N(C)[C@H](C(=O)N[C@H]2C[N+]3=CC(C=N3)c3ccc4c(c3)c(c(-c3cccnc3[C@H](C)OC)n4CC)CC(C)(C)COC(=O)[C@@H]3CCCN(N3)C2=O)C(C)C)C1. The highest BCUT2D eigenvalue weighted by Crippen LogP contribution is 2.41. The molecule has 64 heavy (non-hydrogen) atoms. The number of hydrogen-bond acceptors (Lipinski definition) is 10. The third kappa shape index (κ3) is 9.39. The topological polar surface area (TPSA) is 171 Å². The molecule has 342 valence electrons. The largest absolute Gasteiger partial charge is 0.464 e. The first-order chi connectivity index (χ1) is 30.5. The lowest BCUT2D eigenvalue weighted by atomic mass is 9.84. The van der Waals surface area contributed by atoms with Crippen LogP contribution in [-0.4, -0.2) is 136 Å². The average Bonchev–Trinajstić information content (AvgIpc) is 4.05. The number of hydrogen-bond donors (Lipinski definition) is 2. The first-order valence-corrected chi connectivity index (χ1v) is 22.6. The van der Waals surface area contributed by atoms with Crippen LogP contribution in [0.15, 0.2) is 54.3 Å². The van der Waals surface area contributed by atoms with E-state index >= 15 is 0 Å². The summed E-state index contributed by atoms with van der Waals surface area (Å²) in [6.45, 7) is 17.4. The molecule has 16 nitrogen and oxygen atoms in total. The van der Waals surface area contributed by atoms with E-state index in [9.17, 15) is 24.0 Å². The van der Waals surface area contributed by atoms with Gasteiger partial charge >= 0.3 is 5.97 Å². The van der Waals surface area contributed by atoms with Crippen LogP contribution in [0.2, 0.25) is 0 Å². The van der Waals surface area contributed by atoms with E-state index in [0.29, 0.717) is 45.3 Å². The Labute approximate surface area is 375 Å². The molecule has 7 rings (SSSR count). The van der Waals surface area contributed by atoms with Crippen LogP contribution in [0.4, 0.5) is 0 Å². The number of methoxy groups -OCH3 is 1. The molecule has 0 spiro atoms. The van der Waals surface area contributed by atoms with Gasteiger partial charge in [0.15, 0.2) is 12.3 Å². The fraction of sp³-hybridized carbons (Fsp3) is 0.542. The van der Waals surface area contributed by atoms with E-state index in [1.165, 1.54) is 16.0 Å². The molecule has 1 aromatic carbocycles. The van der Waals surface area contributed by atoms with Gasteiger partial charge < -0.3 is 29.2 Å². The number of rotatable bonds is 10. The van der Waals surface area contributed by atoms with Gasteiger partial charge in [0.1, 0.15) is 18.0 Å². The highest BCUT2D eigenvalue weighted by molar-refractivity contribution is 5.97. The monoisotopic (exact) mass is 878 g/mol. The summed E-state index contributed by atoms with van der Waals surface area (Å²) < 4.78 is 15.9. The first-order valence-electron chi connectivity index (χ1n) is 22.6. The van der Waals surface area contributed by atoms with Crippen molar-refractivity contribution in [1.29, 1.82) is 0 Å². The summed E-state index contributed by atoms with van der Waals surface area (Å²) in [5, 5.41) is 10.2. The Balaban J connectivity index is 1.26. The smallest absolute Gasteiger partial charge is 0.324 e. The van der Waals surface area contributed by atoms with Crippen molar-refractivity contribution in [3.63, 3.8) is 0 Å². The second kappa shape index (κ2) is 19.2. The minimum absolute atomic E-state index is 0.00585. The maximum absolute atomic E-state index is 14.6. The highest BCUT2D eigenvalue weighted by Gasteiger charge is 2.42. The summed E-state index contributed by atoms with van der Waals surface area (Å²) in [6, 6.07) is 7.67. The second-order valence-electron chi connectivity index (χ2n) is 18.7. The van der Waals surface area contributed by atoms with Crippen molar-refractivity contribution in [1.82, 2.24) is 35.1 Å². The van der Waals surface area contributed by atoms with Gasteiger partial charge in [-0.05, 0) is 92.0 Å². The average molecular weight is 879 g/mol. The van der Waals surface area contributed by atoms with Gasteiger partial charge in [-0.3, -0.25) is 34.0 Å². The number of hydrazine groups is 1. The molecule has 1 unspecified atom stereocenters. The Morgan fingerprint density at radius 3 is 2.66 bits per heavy atom. The zero-order chi connectivity index (χ0) is 46.0. The molecule has 2 saturated heterocycles. The fourth-order valence-electron chi connectivity index (χ4n) is 9.69. The third-order valence-electron chi connectivity index (χ3n) is 13.1. The standard InChI is InChI=1S/C48H63N9O7/c1-10-40(58)54-21-18-32(25-54)45(60)53(8)42(29(3)4)44(59)51-38-27-55-26-33(24-50-55)31-16-17-39-35(22-31)36(43(56(39)11-2)34-14-12-19-49-41(34)30(5)63-9)23-48(6,7)28-64-47(62)37-15-13-20-57(52-37)46(38)61/h10,12,14,16-17,19,22,24,26,29-30,32-33,37-38,42,52H,1,11,13,15,18,20-21,23,25,27-28H2,2-9H3/p+1/t30-,32-,33?,37-,38-,42-/m0/s1. The van der Waals surface area contributed by atoms with Crippen molar-refractivity contribution >= 4 is 52.9 Å². The van der Waals surface area contributed by atoms with Gasteiger partial charge in [0.2, 0.25) is 24.3 Å². The van der Waals surface area contributed by atoms with E-state index in [-0.39, 0.29) is 49.5 Å². The molecule has 2 aromatic heterocycles. The molecule has 0 radical (unpaired) electrons. The molecule has 6 bridgehead atoms. The van der Waals surface area contributed by atoms with Gasteiger partial charge in [0, 0.05) is 68.4 Å². The Morgan fingerprint density at radius 2 is 1.94 bits per heavy atom. The number of carbonyl (C=O) groups is 5. The number of nitrogens with one attached hydrogen (secondary N) is 2. The van der Waals surface area contributed by atoms with Gasteiger partial charge in [-0.1, -0.05) is 45.0 Å². The molecule has 4 aliphatic rings. The Bertz CT molecular complexity index is 2370. The zero-order valence-corrected chi connectivity index (χ0v) is 38.5. The lowest BCUT2D eigenvalue weighted by molar-refractivity contribution is -0.527. The number of aromatic nitrogens is 2. The van der Waals surface area contributed by atoms with Gasteiger partial charge in [0.05, 0.1) is 36.2 Å². The van der Waals surface area contributed by atoms with Crippen LogP contribution in [0.5, 0.6) is 0 Å². The summed E-state index contributed by atoms with van der Waals surface area (Å²) >= 11 is 0. The summed E-state index contributed by atoms with van der Waals surface area (Å²) in [4.78, 5) is 76.8. The number of amides is 4. The molecule has 0 saturated carbocycles. The maximum atomic E-state index is 14.6. The molecule has 0 aliphatic carbocycles. The molecular weight excluding hydrogens is 815 g/mol. The second-order valence-corrected chi connectivity index (χ2v) is 18.7. The van der Waals surface area contributed by atoms with Gasteiger partial charge in [0.25, 0.3) is 5.91 Å². The summed E-state index contributed by atoms with van der Waals surface area (Å²) in [6.07, 6.45) is 8.61. The van der Waals surface area contributed by atoms with Gasteiger partial charge in [-0.25, -0.2) is 5.43 Å². The first kappa shape index (κ1) is 46.3. The van der Waals surface area contributed by atoms with Crippen LogP contribution in [0.25, 0.3) is 22.2 Å². The van der Waals surface area contributed by atoms with Crippen molar-refractivity contribution in [2.75, 3.05) is 46.9 Å². The number of carbonyl (C=O) groups excluding carboxylic acids is 5. The van der Waals surface area contributed by atoms with Crippen molar-refractivity contribution in [2.45, 2.75) is 104 Å². The number of esters is 1. The number of likely N-dealkylation sites (tertiary alicyclic amines) is 1. The van der Waals surface area contributed by atoms with Crippen LogP contribution < -0.4 is 10.7 Å². The van der Waals surface area contributed by atoms with Gasteiger partial charge in [-0.15, -0.1) is 0 Å². The van der Waals surface area contributed by atoms with Crippen LogP contribution in [0.3, 0.4) is 0 Å². The number of nitrogens with zero attached hydrogens (tertiary/aromatic N) is 7. The predicted molar refractivity (Wildman–Crippen MR) is 243 cm³/mol. The lowest BCUT2D eigenvalue weighted by Crippen LogP contribution is -2.63. The molecule has 16 heteroatoms. The highest BCUT2D eigenvalue weighted by atomic mass is 16.5. The number of fused-ring (bicyclic) bond motifs is 5. The van der Waals surface area contributed by atoms with E-state index in [1.54, 1.807) is 29.9 Å². The Kier molecular flexibility index (Phi) is 13.8. The minimum Gasteiger partial charge on any atom is -0.464 e. The van der Waals surface area contributed by atoms with Crippen molar-refractivity contribution in [3.8, 4) is 11.3 Å².